The number of nitrogens with two attached hydrogens (primary N) is 1. The second-order valence-electron chi connectivity index (χ2n) is 4.56. The second-order valence-corrected chi connectivity index (χ2v) is 4.56. The van der Waals surface area contributed by atoms with E-state index in [0.29, 0.717) is 19.4 Å². The van der Waals surface area contributed by atoms with Gasteiger partial charge in [-0.2, -0.15) is 0 Å². The van der Waals surface area contributed by atoms with E-state index in [0.717, 1.165) is 5.56 Å². The Bertz CT molecular complexity index is 443. The summed E-state index contributed by atoms with van der Waals surface area (Å²) in [4.78, 5) is 13.5. The van der Waals surface area contributed by atoms with Crippen molar-refractivity contribution in [1.29, 1.82) is 0 Å². The number of methoxy groups -OCH3 is 1. The van der Waals surface area contributed by atoms with Crippen LogP contribution in [-0.4, -0.2) is 37.6 Å². The molecule has 1 aromatic carbocycles. The number of ether oxygens (including phenoxy) is 1. The lowest BCUT2D eigenvalue weighted by atomic mass is 10.1. The number of likely N-dealkylation sites (N-methyl/N-ethyl adjacent to an activating group) is 1. The summed E-state index contributed by atoms with van der Waals surface area (Å²) in [6.45, 7) is 2.32. The van der Waals surface area contributed by atoms with Crippen molar-refractivity contribution in [3.8, 4) is 5.75 Å². The maximum Gasteiger partial charge on any atom is 0.222 e. The summed E-state index contributed by atoms with van der Waals surface area (Å²) >= 11 is 0. The highest BCUT2D eigenvalue weighted by molar-refractivity contribution is 5.85. The minimum absolute atomic E-state index is 0. The standard InChI is InChI=1S/C14H21FN2O2.ClH/c1-10(9-16)17(2)14(18)7-5-11-4-6-13(19-3)12(15)8-11;/h4,6,8,10H,5,7,9,16H2,1-3H3;1H. The first kappa shape index (κ1) is 18.7. The molecule has 0 spiro atoms. The molecule has 2 N–H and O–H groups in total. The van der Waals surface area contributed by atoms with Crippen molar-refractivity contribution in [1.82, 2.24) is 4.90 Å². The molecule has 4 nitrogen and oxygen atoms in total. The monoisotopic (exact) mass is 304 g/mol. The van der Waals surface area contributed by atoms with E-state index in [-0.39, 0.29) is 30.1 Å². The van der Waals surface area contributed by atoms with Crippen LogP contribution in [0.4, 0.5) is 4.39 Å². The van der Waals surface area contributed by atoms with Gasteiger partial charge in [-0.3, -0.25) is 4.79 Å². The Hall–Kier alpha value is -1.33. The molecule has 1 atom stereocenters. The van der Waals surface area contributed by atoms with Gasteiger partial charge in [0.1, 0.15) is 0 Å². The van der Waals surface area contributed by atoms with Gasteiger partial charge in [-0.25, -0.2) is 4.39 Å². The van der Waals surface area contributed by atoms with Crippen molar-refractivity contribution in [2.75, 3.05) is 20.7 Å². The van der Waals surface area contributed by atoms with Gasteiger partial charge >= 0.3 is 0 Å². The highest BCUT2D eigenvalue weighted by Crippen LogP contribution is 2.18. The SMILES string of the molecule is COc1ccc(CCC(=O)N(C)C(C)CN)cc1F.Cl. The predicted molar refractivity (Wildman–Crippen MR) is 79.8 cm³/mol. The number of benzene rings is 1. The van der Waals surface area contributed by atoms with Gasteiger partial charge in [-0.1, -0.05) is 6.07 Å². The van der Waals surface area contributed by atoms with Gasteiger partial charge in [0.05, 0.1) is 7.11 Å². The average Bonchev–Trinajstić information content (AvgIpc) is 2.43. The Kier molecular flexibility index (Phi) is 8.18. The number of nitrogens with zero attached hydrogens (tertiary/aromatic N) is 1. The van der Waals surface area contributed by atoms with Gasteiger partial charge in [0.25, 0.3) is 0 Å². The molecular weight excluding hydrogens is 283 g/mol. The van der Waals surface area contributed by atoms with Crippen LogP contribution in [0.2, 0.25) is 0 Å². The summed E-state index contributed by atoms with van der Waals surface area (Å²) in [5, 5.41) is 0. The fourth-order valence-corrected chi connectivity index (χ4v) is 1.70. The molecule has 1 amide bonds. The minimum atomic E-state index is -0.406. The molecule has 0 aliphatic heterocycles. The van der Waals surface area contributed by atoms with E-state index in [1.165, 1.54) is 13.2 Å². The van der Waals surface area contributed by atoms with Crippen LogP contribution in [0.1, 0.15) is 18.9 Å². The van der Waals surface area contributed by atoms with E-state index < -0.39 is 5.82 Å². The van der Waals surface area contributed by atoms with Crippen LogP contribution in [0.3, 0.4) is 0 Å². The summed E-state index contributed by atoms with van der Waals surface area (Å²) < 4.78 is 18.3. The van der Waals surface area contributed by atoms with E-state index in [9.17, 15) is 9.18 Å². The molecule has 20 heavy (non-hydrogen) atoms. The highest BCUT2D eigenvalue weighted by Gasteiger charge is 2.14. The Morgan fingerprint density at radius 1 is 1.50 bits per heavy atom. The Morgan fingerprint density at radius 2 is 2.15 bits per heavy atom. The third-order valence-electron chi connectivity index (χ3n) is 3.24. The first-order valence-electron chi connectivity index (χ1n) is 6.27. The number of halogens is 2. The lowest BCUT2D eigenvalue weighted by Crippen LogP contribution is -2.39. The van der Waals surface area contributed by atoms with Crippen LogP contribution >= 0.6 is 12.4 Å². The second kappa shape index (κ2) is 8.76. The summed E-state index contributed by atoms with van der Waals surface area (Å²) in [5.74, 6) is -0.186. The largest absolute Gasteiger partial charge is 0.494 e. The molecule has 0 heterocycles. The van der Waals surface area contributed by atoms with Crippen LogP contribution < -0.4 is 10.5 Å². The van der Waals surface area contributed by atoms with Crippen molar-refractivity contribution in [2.45, 2.75) is 25.8 Å². The molecule has 1 rings (SSSR count). The number of amides is 1. The van der Waals surface area contributed by atoms with E-state index in [2.05, 4.69) is 0 Å². The Balaban J connectivity index is 0.00000361. The molecular formula is C14H22ClFN2O2. The first-order chi connectivity index (χ1) is 8.99. The molecule has 1 unspecified atom stereocenters. The van der Waals surface area contributed by atoms with E-state index in [1.54, 1.807) is 24.1 Å². The van der Waals surface area contributed by atoms with Gasteiger partial charge in [0.15, 0.2) is 11.6 Å². The number of aryl methyl sites for hydroxylation is 1. The van der Waals surface area contributed by atoms with Crippen LogP contribution in [0, 0.1) is 5.82 Å². The predicted octanol–water partition coefficient (Wildman–Crippen LogP) is 1.99. The molecule has 0 radical (unpaired) electrons. The zero-order valence-electron chi connectivity index (χ0n) is 12.1. The first-order valence-corrected chi connectivity index (χ1v) is 6.27. The molecule has 0 saturated carbocycles. The van der Waals surface area contributed by atoms with E-state index >= 15 is 0 Å². The van der Waals surface area contributed by atoms with Crippen molar-refractivity contribution in [2.24, 2.45) is 5.73 Å². The quantitative estimate of drug-likeness (QED) is 0.874. The maximum atomic E-state index is 13.5. The third kappa shape index (κ3) is 4.98. The van der Waals surface area contributed by atoms with Crippen molar-refractivity contribution >= 4 is 18.3 Å². The zero-order chi connectivity index (χ0) is 14.4. The molecule has 1 aromatic rings. The fourth-order valence-electron chi connectivity index (χ4n) is 1.70. The van der Waals surface area contributed by atoms with E-state index in [4.69, 9.17) is 10.5 Å². The lowest BCUT2D eigenvalue weighted by molar-refractivity contribution is -0.131. The molecule has 0 bridgehead atoms. The van der Waals surface area contributed by atoms with Gasteiger partial charge < -0.3 is 15.4 Å². The average molecular weight is 305 g/mol. The number of hydrogen-bond acceptors (Lipinski definition) is 3. The van der Waals surface area contributed by atoms with Gasteiger partial charge in [-0.15, -0.1) is 12.4 Å². The number of hydrogen-bond donors (Lipinski definition) is 1. The minimum Gasteiger partial charge on any atom is -0.494 e. The van der Waals surface area contributed by atoms with Gasteiger partial charge in [0, 0.05) is 26.1 Å². The van der Waals surface area contributed by atoms with Crippen LogP contribution in [0.25, 0.3) is 0 Å². The zero-order valence-corrected chi connectivity index (χ0v) is 12.9. The Morgan fingerprint density at radius 3 is 2.65 bits per heavy atom. The van der Waals surface area contributed by atoms with Crippen molar-refractivity contribution in [3.63, 3.8) is 0 Å². The molecule has 0 saturated heterocycles. The summed E-state index contributed by atoms with van der Waals surface area (Å²) in [5.41, 5.74) is 6.29. The van der Waals surface area contributed by atoms with Crippen molar-refractivity contribution in [3.05, 3.63) is 29.6 Å². The fraction of sp³-hybridized carbons (Fsp3) is 0.500. The van der Waals surface area contributed by atoms with Crippen molar-refractivity contribution < 1.29 is 13.9 Å². The number of carbonyl (C=O) groups is 1. The maximum absolute atomic E-state index is 13.5. The number of carbonyl (C=O) groups excluding carboxylic acids is 1. The molecule has 6 heteroatoms. The normalized spacial score (nSPS) is 11.4. The molecule has 0 aliphatic carbocycles. The van der Waals surface area contributed by atoms with E-state index in [1.807, 2.05) is 6.92 Å². The van der Waals surface area contributed by atoms with Gasteiger partial charge in [-0.05, 0) is 31.0 Å². The smallest absolute Gasteiger partial charge is 0.222 e. The Labute approximate surface area is 125 Å². The van der Waals surface area contributed by atoms with Gasteiger partial charge in [0.2, 0.25) is 5.91 Å². The highest BCUT2D eigenvalue weighted by atomic mass is 35.5. The van der Waals surface area contributed by atoms with Crippen LogP contribution in [0.5, 0.6) is 5.75 Å². The number of rotatable bonds is 6. The summed E-state index contributed by atoms with van der Waals surface area (Å²) in [6.07, 6.45) is 0.841. The molecule has 0 aliphatic rings. The molecule has 0 aromatic heterocycles. The molecule has 114 valence electrons. The molecule has 0 fully saturated rings. The van der Waals surface area contributed by atoms with Crippen LogP contribution in [-0.2, 0) is 11.2 Å². The lowest BCUT2D eigenvalue weighted by Gasteiger charge is -2.23. The topological polar surface area (TPSA) is 55.6 Å². The summed E-state index contributed by atoms with van der Waals surface area (Å²) in [7, 11) is 3.15. The van der Waals surface area contributed by atoms with Crippen LogP contribution in [0.15, 0.2) is 18.2 Å². The third-order valence-corrected chi connectivity index (χ3v) is 3.24. The summed E-state index contributed by atoms with van der Waals surface area (Å²) in [6, 6.07) is 4.75.